The van der Waals surface area contributed by atoms with Crippen molar-refractivity contribution >= 4 is 23.7 Å². The normalized spacial score (nSPS) is 13.6. The molecule has 1 aliphatic heterocycles. The number of hydrogen-bond acceptors (Lipinski definition) is 3. The molecule has 2 aromatic rings. The first-order chi connectivity index (χ1) is 10.3. The van der Waals surface area contributed by atoms with Gasteiger partial charge in [0.1, 0.15) is 0 Å². The predicted octanol–water partition coefficient (Wildman–Crippen LogP) is 2.19. The van der Waals surface area contributed by atoms with E-state index in [2.05, 4.69) is 5.32 Å². The highest BCUT2D eigenvalue weighted by atomic mass is 32.1. The Kier molecular flexibility index (Phi) is 4.01. The smallest absolute Gasteiger partial charge is 0.261 e. The molecule has 0 unspecified atom stereocenters. The molecule has 3 rings (SSSR count). The van der Waals surface area contributed by atoms with Crippen molar-refractivity contribution in [3.8, 4) is 0 Å². The van der Waals surface area contributed by atoms with Crippen LogP contribution in [0.1, 0.15) is 25.7 Å². The van der Waals surface area contributed by atoms with Crippen molar-refractivity contribution in [1.82, 2.24) is 10.2 Å². The summed E-state index contributed by atoms with van der Waals surface area (Å²) in [6.07, 6.45) is 1.71. The summed E-state index contributed by atoms with van der Waals surface area (Å²) in [5.74, 6) is -0.0455. The lowest BCUT2D eigenvalue weighted by Gasteiger charge is -2.22. The Balaban J connectivity index is 1.66. The summed E-state index contributed by atoms with van der Waals surface area (Å²) in [4.78, 5) is 26.7. The minimum absolute atomic E-state index is 0.0455. The Morgan fingerprint density at radius 2 is 2.14 bits per heavy atom. The lowest BCUT2D eigenvalue weighted by molar-refractivity contribution is -0.118. The zero-order valence-electron chi connectivity index (χ0n) is 11.5. The molecule has 1 aromatic heterocycles. The van der Waals surface area contributed by atoms with E-state index in [1.807, 2.05) is 36.4 Å². The van der Waals surface area contributed by atoms with E-state index in [0.29, 0.717) is 13.1 Å². The van der Waals surface area contributed by atoms with Gasteiger partial charge >= 0.3 is 0 Å². The van der Waals surface area contributed by atoms with E-state index in [0.717, 1.165) is 35.4 Å². The molecule has 4 nitrogen and oxygen atoms in total. The number of nitrogens with zero attached hydrogens (tertiary/aromatic N) is 1. The largest absolute Gasteiger partial charge is 0.347 e. The van der Waals surface area contributed by atoms with Gasteiger partial charge in [0.05, 0.1) is 4.88 Å². The van der Waals surface area contributed by atoms with E-state index in [1.165, 1.54) is 16.2 Å². The minimum atomic E-state index is -0.0455. The van der Waals surface area contributed by atoms with Crippen molar-refractivity contribution in [3.63, 3.8) is 0 Å². The van der Waals surface area contributed by atoms with Crippen LogP contribution in [0.3, 0.4) is 0 Å². The summed E-state index contributed by atoms with van der Waals surface area (Å²) < 4.78 is 0. The molecule has 5 heteroatoms. The van der Waals surface area contributed by atoms with Gasteiger partial charge in [0.15, 0.2) is 0 Å². The van der Waals surface area contributed by atoms with Gasteiger partial charge in [-0.05, 0) is 23.6 Å². The van der Waals surface area contributed by atoms with Crippen molar-refractivity contribution in [3.05, 3.63) is 57.3 Å². The third-order valence-electron chi connectivity index (χ3n) is 3.56. The van der Waals surface area contributed by atoms with Crippen molar-refractivity contribution in [2.24, 2.45) is 0 Å². The van der Waals surface area contributed by atoms with Gasteiger partial charge in [-0.1, -0.05) is 30.3 Å². The molecule has 108 valence electrons. The van der Waals surface area contributed by atoms with E-state index in [-0.39, 0.29) is 5.91 Å². The zero-order chi connectivity index (χ0) is 14.7. The molecular formula is C16H16N2O2S. The van der Waals surface area contributed by atoms with Gasteiger partial charge in [-0.15, -0.1) is 11.3 Å². The number of nitrogens with one attached hydrogen (secondary N) is 1. The number of carbonyl (C=O) groups is 2. The Morgan fingerprint density at radius 1 is 1.33 bits per heavy atom. The summed E-state index contributed by atoms with van der Waals surface area (Å²) in [6.45, 7) is 1.88. The number of carbonyl (C=O) groups excluding carboxylic acids is 2. The monoisotopic (exact) mass is 300 g/mol. The van der Waals surface area contributed by atoms with Crippen LogP contribution in [0.4, 0.5) is 0 Å². The first-order valence-electron chi connectivity index (χ1n) is 6.89. The van der Waals surface area contributed by atoms with Crippen LogP contribution in [0, 0.1) is 0 Å². The van der Waals surface area contributed by atoms with E-state index in [9.17, 15) is 9.59 Å². The third-order valence-corrected chi connectivity index (χ3v) is 4.80. The fourth-order valence-corrected chi connectivity index (χ4v) is 3.50. The Morgan fingerprint density at radius 3 is 2.90 bits per heavy atom. The highest BCUT2D eigenvalue weighted by Crippen LogP contribution is 2.27. The quantitative estimate of drug-likeness (QED) is 0.880. The van der Waals surface area contributed by atoms with Crippen LogP contribution in [-0.2, 0) is 24.3 Å². The molecular weight excluding hydrogens is 284 g/mol. The van der Waals surface area contributed by atoms with Crippen LogP contribution in [0.2, 0.25) is 0 Å². The fourth-order valence-electron chi connectivity index (χ4n) is 2.42. The highest BCUT2D eigenvalue weighted by Gasteiger charge is 2.20. The van der Waals surface area contributed by atoms with Crippen molar-refractivity contribution in [2.75, 3.05) is 6.54 Å². The standard InChI is InChI=1S/C16H16N2O2S/c19-11-18-7-6-14-13(10-18)8-15(21-14)16(20)17-9-12-4-2-1-3-5-12/h1-5,8,11H,6-7,9-10H2,(H,17,20). The summed E-state index contributed by atoms with van der Waals surface area (Å²) in [5.41, 5.74) is 2.18. The van der Waals surface area contributed by atoms with Gasteiger partial charge < -0.3 is 10.2 Å². The van der Waals surface area contributed by atoms with Crippen LogP contribution < -0.4 is 5.32 Å². The average molecular weight is 300 g/mol. The lowest BCUT2D eigenvalue weighted by atomic mass is 10.1. The lowest BCUT2D eigenvalue weighted by Crippen LogP contribution is -2.27. The number of fused-ring (bicyclic) bond motifs is 1. The molecule has 0 bridgehead atoms. The summed E-state index contributed by atoms with van der Waals surface area (Å²) in [7, 11) is 0. The molecule has 0 saturated heterocycles. The van der Waals surface area contributed by atoms with Gasteiger partial charge in [0.25, 0.3) is 5.91 Å². The number of benzene rings is 1. The number of rotatable bonds is 4. The van der Waals surface area contributed by atoms with Gasteiger partial charge in [-0.2, -0.15) is 0 Å². The first-order valence-corrected chi connectivity index (χ1v) is 7.71. The Hall–Kier alpha value is -2.14. The van der Waals surface area contributed by atoms with Crippen LogP contribution in [0.25, 0.3) is 0 Å². The van der Waals surface area contributed by atoms with Crippen molar-refractivity contribution < 1.29 is 9.59 Å². The maximum absolute atomic E-state index is 12.2. The van der Waals surface area contributed by atoms with E-state index in [1.54, 1.807) is 4.90 Å². The van der Waals surface area contributed by atoms with E-state index >= 15 is 0 Å². The van der Waals surface area contributed by atoms with Gasteiger partial charge in [-0.25, -0.2) is 0 Å². The highest BCUT2D eigenvalue weighted by molar-refractivity contribution is 7.14. The van der Waals surface area contributed by atoms with Crippen LogP contribution in [0.15, 0.2) is 36.4 Å². The maximum atomic E-state index is 12.2. The van der Waals surface area contributed by atoms with Crippen LogP contribution in [0.5, 0.6) is 0 Å². The molecule has 0 aliphatic carbocycles. The Bertz CT molecular complexity index is 652. The van der Waals surface area contributed by atoms with Gasteiger partial charge in [0.2, 0.25) is 6.41 Å². The summed E-state index contributed by atoms with van der Waals surface area (Å²) in [5, 5.41) is 2.94. The van der Waals surface area contributed by atoms with Gasteiger partial charge in [0, 0.05) is 24.5 Å². The van der Waals surface area contributed by atoms with E-state index in [4.69, 9.17) is 0 Å². The first kappa shape index (κ1) is 13.8. The summed E-state index contributed by atoms with van der Waals surface area (Å²) >= 11 is 1.54. The van der Waals surface area contributed by atoms with Crippen molar-refractivity contribution in [1.29, 1.82) is 0 Å². The summed E-state index contributed by atoms with van der Waals surface area (Å²) in [6, 6.07) is 11.8. The molecule has 2 amide bonds. The fraction of sp³-hybridized carbons (Fsp3) is 0.250. The predicted molar refractivity (Wildman–Crippen MR) is 82.1 cm³/mol. The molecule has 0 radical (unpaired) electrons. The van der Waals surface area contributed by atoms with Crippen LogP contribution >= 0.6 is 11.3 Å². The second-order valence-corrected chi connectivity index (χ2v) is 6.19. The molecule has 0 atom stereocenters. The van der Waals surface area contributed by atoms with Crippen LogP contribution in [-0.4, -0.2) is 23.8 Å². The SMILES string of the molecule is O=CN1CCc2sc(C(=O)NCc3ccccc3)cc2C1. The molecule has 1 N–H and O–H groups in total. The molecule has 0 saturated carbocycles. The Labute approximate surface area is 127 Å². The average Bonchev–Trinajstić information content (AvgIpc) is 2.96. The molecule has 0 fully saturated rings. The number of hydrogen-bond donors (Lipinski definition) is 1. The zero-order valence-corrected chi connectivity index (χ0v) is 12.4. The molecule has 21 heavy (non-hydrogen) atoms. The van der Waals surface area contributed by atoms with E-state index < -0.39 is 0 Å². The second-order valence-electron chi connectivity index (χ2n) is 5.05. The molecule has 1 aliphatic rings. The molecule has 2 heterocycles. The topological polar surface area (TPSA) is 49.4 Å². The second kappa shape index (κ2) is 6.10. The molecule has 0 spiro atoms. The minimum Gasteiger partial charge on any atom is -0.347 e. The molecule has 1 aromatic carbocycles. The van der Waals surface area contributed by atoms with Gasteiger partial charge in [-0.3, -0.25) is 9.59 Å². The maximum Gasteiger partial charge on any atom is 0.261 e. The van der Waals surface area contributed by atoms with Crippen molar-refractivity contribution in [2.45, 2.75) is 19.5 Å². The number of thiophene rings is 1. The third kappa shape index (κ3) is 3.13. The number of amides is 2.